The van der Waals surface area contributed by atoms with Gasteiger partial charge in [0.05, 0.1) is 22.3 Å². The number of aromatic nitrogens is 2. The van der Waals surface area contributed by atoms with Gasteiger partial charge in [0.15, 0.2) is 0 Å². The van der Waals surface area contributed by atoms with Crippen molar-refractivity contribution in [2.45, 2.75) is 69.3 Å². The molecule has 5 heteroatoms. The van der Waals surface area contributed by atoms with Crippen LogP contribution in [-0.2, 0) is 11.8 Å². The Morgan fingerprint density at radius 3 is 2.21 bits per heavy atom. The third kappa shape index (κ3) is 2.79. The van der Waals surface area contributed by atoms with Crippen LogP contribution < -0.4 is 5.32 Å². The summed E-state index contributed by atoms with van der Waals surface area (Å²) in [5.41, 5.74) is 2.81. The summed E-state index contributed by atoms with van der Waals surface area (Å²) in [5, 5.41) is 7.54. The third-order valence-electron chi connectivity index (χ3n) is 6.54. The summed E-state index contributed by atoms with van der Waals surface area (Å²) in [6.07, 6.45) is 8.38. The van der Waals surface area contributed by atoms with Gasteiger partial charge in [-0.05, 0) is 77.0 Å². The first-order valence-corrected chi connectivity index (χ1v) is 10.2. The van der Waals surface area contributed by atoms with Gasteiger partial charge in [0.1, 0.15) is 0 Å². The molecule has 4 aliphatic rings. The molecule has 0 spiro atoms. The molecular weight excluding hydrogens is 318 g/mol. The number of carbonyl (C=O) groups is 1. The van der Waals surface area contributed by atoms with Gasteiger partial charge >= 0.3 is 0 Å². The molecule has 4 nitrogen and oxygen atoms in total. The largest absolute Gasteiger partial charge is 0.322 e. The minimum absolute atomic E-state index is 0.000237. The number of anilines is 1. The molecule has 0 aromatic carbocycles. The van der Waals surface area contributed by atoms with E-state index in [0.29, 0.717) is 4.75 Å². The molecular formula is C19H29N3OS. The van der Waals surface area contributed by atoms with E-state index in [0.717, 1.165) is 34.8 Å². The molecule has 1 atom stereocenters. The third-order valence-corrected chi connectivity index (χ3v) is 8.10. The summed E-state index contributed by atoms with van der Waals surface area (Å²) < 4.78 is 2.21. The fourth-order valence-electron chi connectivity index (χ4n) is 5.78. The van der Waals surface area contributed by atoms with E-state index in [-0.39, 0.29) is 11.2 Å². The average molecular weight is 348 g/mol. The van der Waals surface area contributed by atoms with Gasteiger partial charge in [-0.15, -0.1) is 11.8 Å². The Hall–Kier alpha value is -0.970. The first kappa shape index (κ1) is 16.5. The number of hydrogen-bond donors (Lipinski definition) is 1. The van der Waals surface area contributed by atoms with Crippen molar-refractivity contribution in [1.29, 1.82) is 0 Å². The van der Waals surface area contributed by atoms with E-state index in [4.69, 9.17) is 0 Å². The van der Waals surface area contributed by atoms with E-state index in [9.17, 15) is 4.79 Å². The maximum atomic E-state index is 12.8. The zero-order valence-electron chi connectivity index (χ0n) is 15.3. The van der Waals surface area contributed by atoms with Crippen LogP contribution in [0.25, 0.3) is 0 Å². The molecule has 5 rings (SSSR count). The fraction of sp³-hybridized carbons (Fsp3) is 0.789. The van der Waals surface area contributed by atoms with Crippen LogP contribution in [0.1, 0.15) is 56.8 Å². The van der Waals surface area contributed by atoms with Crippen molar-refractivity contribution in [3.8, 4) is 0 Å². The lowest BCUT2D eigenvalue weighted by Gasteiger charge is -2.57. The number of carbonyl (C=O) groups excluding carboxylic acids is 1. The van der Waals surface area contributed by atoms with Gasteiger partial charge in [0.25, 0.3) is 0 Å². The first-order valence-electron chi connectivity index (χ1n) is 9.34. The minimum atomic E-state index is 0.000237. The Morgan fingerprint density at radius 1 is 1.21 bits per heavy atom. The summed E-state index contributed by atoms with van der Waals surface area (Å²) in [7, 11) is 1.92. The van der Waals surface area contributed by atoms with E-state index in [1.807, 2.05) is 37.3 Å². The average Bonchev–Trinajstić information content (AvgIpc) is 2.71. The molecule has 0 unspecified atom stereocenters. The molecule has 4 fully saturated rings. The number of amides is 1. The Balaban J connectivity index is 1.44. The van der Waals surface area contributed by atoms with Crippen molar-refractivity contribution in [2.75, 3.05) is 5.32 Å². The van der Waals surface area contributed by atoms with Crippen molar-refractivity contribution in [2.24, 2.45) is 24.8 Å². The van der Waals surface area contributed by atoms with E-state index < -0.39 is 0 Å². The second-order valence-electron chi connectivity index (χ2n) is 8.52. The van der Waals surface area contributed by atoms with Crippen LogP contribution in [0.4, 0.5) is 5.69 Å². The molecule has 132 valence electrons. The summed E-state index contributed by atoms with van der Waals surface area (Å²) in [6.45, 7) is 6.05. The highest BCUT2D eigenvalue weighted by Crippen LogP contribution is 2.61. The van der Waals surface area contributed by atoms with Gasteiger partial charge in [-0.25, -0.2) is 0 Å². The lowest BCUT2D eigenvalue weighted by atomic mass is 9.56. The molecule has 24 heavy (non-hydrogen) atoms. The predicted molar refractivity (Wildman–Crippen MR) is 99.3 cm³/mol. The van der Waals surface area contributed by atoms with E-state index in [1.54, 1.807) is 0 Å². The zero-order valence-corrected chi connectivity index (χ0v) is 16.1. The maximum absolute atomic E-state index is 12.8. The molecule has 4 bridgehead atoms. The summed E-state index contributed by atoms with van der Waals surface area (Å²) in [6, 6.07) is 0. The van der Waals surface area contributed by atoms with Crippen molar-refractivity contribution in [3.05, 3.63) is 11.4 Å². The first-order chi connectivity index (χ1) is 11.3. The fourth-order valence-corrected chi connectivity index (χ4v) is 7.70. The van der Waals surface area contributed by atoms with Crippen molar-refractivity contribution < 1.29 is 4.79 Å². The number of nitrogens with one attached hydrogen (secondary N) is 1. The molecule has 4 aliphatic carbocycles. The number of thioether (sulfide) groups is 1. The molecule has 4 saturated carbocycles. The topological polar surface area (TPSA) is 46.9 Å². The van der Waals surface area contributed by atoms with Crippen molar-refractivity contribution in [1.82, 2.24) is 9.78 Å². The van der Waals surface area contributed by atoms with E-state index in [1.165, 1.54) is 38.5 Å². The Kier molecular flexibility index (Phi) is 3.98. The van der Waals surface area contributed by atoms with Crippen molar-refractivity contribution >= 4 is 23.4 Å². The predicted octanol–water partition coefficient (Wildman–Crippen LogP) is 4.07. The molecule has 1 aromatic rings. The van der Waals surface area contributed by atoms with Crippen LogP contribution in [0, 0.1) is 31.6 Å². The summed E-state index contributed by atoms with van der Waals surface area (Å²) in [4.78, 5) is 12.8. The molecule has 1 heterocycles. The maximum Gasteiger partial charge on any atom is 0.237 e. The summed E-state index contributed by atoms with van der Waals surface area (Å²) in [5.74, 6) is 2.93. The van der Waals surface area contributed by atoms with Gasteiger partial charge in [0.2, 0.25) is 5.91 Å². The highest BCUT2D eigenvalue weighted by molar-refractivity contribution is 8.01. The normalized spacial score (nSPS) is 35.2. The van der Waals surface area contributed by atoms with Gasteiger partial charge in [-0.3, -0.25) is 9.48 Å². The Morgan fingerprint density at radius 2 is 1.75 bits per heavy atom. The molecule has 1 amide bonds. The van der Waals surface area contributed by atoms with Crippen LogP contribution in [-0.4, -0.2) is 25.7 Å². The van der Waals surface area contributed by atoms with Crippen molar-refractivity contribution in [3.63, 3.8) is 0 Å². The molecule has 0 aliphatic heterocycles. The highest BCUT2D eigenvalue weighted by Gasteiger charge is 2.52. The van der Waals surface area contributed by atoms with E-state index in [2.05, 4.69) is 17.3 Å². The van der Waals surface area contributed by atoms with Gasteiger partial charge in [0, 0.05) is 11.8 Å². The Labute approximate surface area is 149 Å². The Bertz CT molecular complexity index is 631. The number of nitrogens with zero attached hydrogens (tertiary/aromatic N) is 2. The monoisotopic (exact) mass is 347 g/mol. The van der Waals surface area contributed by atoms with Gasteiger partial charge in [-0.2, -0.15) is 5.10 Å². The number of hydrogen-bond acceptors (Lipinski definition) is 3. The lowest BCUT2D eigenvalue weighted by molar-refractivity contribution is -0.115. The standard InChI is InChI=1S/C19H29N3OS/c1-11-17(12(2)22(4)21-11)20-18(23)13(3)24-19-8-14-5-15(9-19)7-16(6-14)10-19/h13-16H,5-10H2,1-4H3,(H,20,23)/t13-,14?,15?,16?,19?/m1/s1. The van der Waals surface area contributed by atoms with Gasteiger partial charge in [-0.1, -0.05) is 0 Å². The van der Waals surface area contributed by atoms with Crippen LogP contribution in [0.5, 0.6) is 0 Å². The SMILES string of the molecule is Cc1nn(C)c(C)c1NC(=O)[C@@H](C)SC12CC3CC(CC(C3)C1)C2. The minimum Gasteiger partial charge on any atom is -0.322 e. The second kappa shape index (κ2) is 5.79. The van der Waals surface area contributed by atoms with Crippen LogP contribution in [0.2, 0.25) is 0 Å². The van der Waals surface area contributed by atoms with E-state index >= 15 is 0 Å². The number of rotatable bonds is 4. The quantitative estimate of drug-likeness (QED) is 0.893. The highest BCUT2D eigenvalue weighted by atomic mass is 32.2. The molecule has 1 N–H and O–H groups in total. The molecule has 1 aromatic heterocycles. The zero-order chi connectivity index (χ0) is 17.1. The lowest BCUT2D eigenvalue weighted by Crippen LogP contribution is -2.49. The van der Waals surface area contributed by atoms with Gasteiger partial charge < -0.3 is 5.32 Å². The molecule has 0 saturated heterocycles. The second-order valence-corrected chi connectivity index (χ2v) is 10.3. The van der Waals surface area contributed by atoms with Crippen LogP contribution >= 0.6 is 11.8 Å². The number of aryl methyl sites for hydroxylation is 2. The smallest absolute Gasteiger partial charge is 0.237 e. The summed E-state index contributed by atoms with van der Waals surface area (Å²) >= 11 is 1.96. The van der Waals surface area contributed by atoms with Crippen LogP contribution in [0.15, 0.2) is 0 Å². The molecule has 0 radical (unpaired) electrons. The van der Waals surface area contributed by atoms with Crippen LogP contribution in [0.3, 0.4) is 0 Å².